The Morgan fingerprint density at radius 2 is 0.375 bits per heavy atom. The van der Waals surface area contributed by atoms with E-state index >= 15 is 0 Å². The minimum Gasteiger partial charge on any atom is -0.412 e. The van der Waals surface area contributed by atoms with Crippen LogP contribution in [0.25, 0.3) is 0 Å². The summed E-state index contributed by atoms with van der Waals surface area (Å²) in [5.41, 5.74) is 0. The molecule has 0 aliphatic heterocycles. The number of rotatable bonds is 0. The first-order valence-corrected chi connectivity index (χ1v) is 0. The van der Waals surface area contributed by atoms with Crippen LogP contribution in [0.4, 0.5) is 0 Å². The van der Waals surface area contributed by atoms with E-state index in [1.807, 2.05) is 0 Å². The Morgan fingerprint density at radius 1 is 0.375 bits per heavy atom. The first-order valence-electron chi connectivity index (χ1n) is 0. The summed E-state index contributed by atoms with van der Waals surface area (Å²) in [7, 11) is 0. The van der Waals surface area contributed by atoms with E-state index < -0.39 is 0 Å². The molecule has 56 valence electrons. The Hall–Kier alpha value is 0.582. The maximum absolute atomic E-state index is 0. The van der Waals surface area contributed by atoms with Crippen LogP contribution in [0.15, 0.2) is 0 Å². The monoisotopic (exact) mass is 171 g/mol. The molecule has 8 heteroatoms. The third-order valence-electron chi connectivity index (χ3n) is 0. The summed E-state index contributed by atoms with van der Waals surface area (Å²) in [6.07, 6.45) is 0. The van der Waals surface area contributed by atoms with Crippen LogP contribution >= 0.6 is 12.4 Å². The third kappa shape index (κ3) is 605. The van der Waals surface area contributed by atoms with Gasteiger partial charge in [-0.1, -0.05) is 0 Å². The molecule has 0 unspecified atom stereocenters. The van der Waals surface area contributed by atoms with E-state index in [0.717, 1.165) is 0 Å². The van der Waals surface area contributed by atoms with Crippen molar-refractivity contribution in [2.45, 2.75) is 0 Å². The molecule has 12 N–H and O–H groups in total. The van der Waals surface area contributed by atoms with Gasteiger partial charge in [0.1, 0.15) is 0 Å². The smallest absolute Gasteiger partial charge is 0.412 e. The van der Waals surface area contributed by atoms with Crippen LogP contribution < -0.4 is 0 Å². The molecule has 0 saturated carbocycles. The van der Waals surface area contributed by atoms with Gasteiger partial charge in [-0.3, -0.25) is 0 Å². The zero-order valence-electron chi connectivity index (χ0n) is 3.99. The molecule has 0 aliphatic rings. The van der Waals surface area contributed by atoms with Crippen molar-refractivity contribution < 1.29 is 32.9 Å². The molecular weight excluding hydrogens is 158 g/mol. The molecule has 8 heavy (non-hydrogen) atoms. The van der Waals surface area contributed by atoms with Crippen molar-refractivity contribution in [2.24, 2.45) is 0 Å². The van der Waals surface area contributed by atoms with Gasteiger partial charge in [0.15, 0.2) is 0 Å². The van der Waals surface area contributed by atoms with Gasteiger partial charge in [0.2, 0.25) is 0 Å². The van der Waals surface area contributed by atoms with Crippen LogP contribution in [0.5, 0.6) is 0 Å². The van der Waals surface area contributed by atoms with Crippen LogP contribution in [-0.2, 0) is 0 Å². The van der Waals surface area contributed by atoms with Gasteiger partial charge in [-0.15, -0.1) is 12.4 Å². The van der Waals surface area contributed by atoms with E-state index in [4.69, 9.17) is 0 Å². The Morgan fingerprint density at radius 3 is 0.375 bits per heavy atom. The summed E-state index contributed by atoms with van der Waals surface area (Å²) in [4.78, 5) is 0. The molecule has 0 bridgehead atoms. The maximum Gasteiger partial charge on any atom is 3.00 e. The largest absolute Gasteiger partial charge is 3.00 e. The molecule has 0 radical (unpaired) electrons. The average Bonchev–Trinajstić information content (AvgIpc) is 0. The summed E-state index contributed by atoms with van der Waals surface area (Å²) in [6, 6.07) is 0. The van der Waals surface area contributed by atoms with E-state index in [-0.39, 0.29) is 62.6 Å². The van der Waals surface area contributed by atoms with Crippen LogP contribution in [0.2, 0.25) is 0 Å². The van der Waals surface area contributed by atoms with Crippen LogP contribution in [0, 0.1) is 0 Å². The second kappa shape index (κ2) is 968. The standard InChI is InChI=1S/Al.ClH.6H2O/h;1H;6*1H2/q+3;;;;;;;. The van der Waals surface area contributed by atoms with E-state index in [9.17, 15) is 0 Å². The van der Waals surface area contributed by atoms with Crippen molar-refractivity contribution in [1.82, 2.24) is 0 Å². The summed E-state index contributed by atoms with van der Waals surface area (Å²) in [5.74, 6) is 0. The van der Waals surface area contributed by atoms with Gasteiger partial charge in [-0.05, 0) is 0 Å². The fraction of sp³-hybridized carbons (Fsp3) is 0. The summed E-state index contributed by atoms with van der Waals surface area (Å²) in [6.45, 7) is 0. The van der Waals surface area contributed by atoms with Gasteiger partial charge in [0.25, 0.3) is 0 Å². The maximum atomic E-state index is 0. The van der Waals surface area contributed by atoms with Crippen molar-refractivity contribution >= 4 is 29.8 Å². The van der Waals surface area contributed by atoms with E-state index in [1.54, 1.807) is 0 Å². The third-order valence-corrected chi connectivity index (χ3v) is 0. The zero-order valence-corrected chi connectivity index (χ0v) is 5.96. The Bertz CT molecular complexity index is 8.49. The van der Waals surface area contributed by atoms with Gasteiger partial charge in [0, 0.05) is 0 Å². The SMILES string of the molecule is Cl.O.O.O.O.O.O.[Al+3]. The molecule has 0 rings (SSSR count). The molecule has 0 aromatic carbocycles. The van der Waals surface area contributed by atoms with E-state index in [1.165, 1.54) is 0 Å². The predicted molar refractivity (Wildman–Crippen MR) is 34.7 cm³/mol. The van der Waals surface area contributed by atoms with Crippen molar-refractivity contribution in [3.8, 4) is 0 Å². The molecule has 0 fully saturated rings. The van der Waals surface area contributed by atoms with Gasteiger partial charge >= 0.3 is 17.4 Å². The predicted octanol–water partition coefficient (Wildman–Crippen LogP) is -4.91. The second-order valence-corrected chi connectivity index (χ2v) is 0. The number of hydrogen-bond acceptors (Lipinski definition) is 0. The molecule has 0 heterocycles. The van der Waals surface area contributed by atoms with E-state index in [2.05, 4.69) is 0 Å². The zero-order chi connectivity index (χ0) is 0. The normalized spacial score (nSPS) is 0. The summed E-state index contributed by atoms with van der Waals surface area (Å²) < 4.78 is 0. The van der Waals surface area contributed by atoms with E-state index in [0.29, 0.717) is 0 Å². The average molecular weight is 172 g/mol. The molecule has 0 aromatic rings. The quantitative estimate of drug-likeness (QED) is 0.316. The first-order chi connectivity index (χ1) is 0. The van der Waals surface area contributed by atoms with Crippen molar-refractivity contribution in [1.29, 1.82) is 0 Å². The minimum absolute atomic E-state index is 0. The molecule has 0 atom stereocenters. The van der Waals surface area contributed by atoms with Crippen LogP contribution in [0.3, 0.4) is 0 Å². The van der Waals surface area contributed by atoms with Crippen molar-refractivity contribution in [3.05, 3.63) is 0 Å². The minimum atomic E-state index is 0. The molecule has 0 spiro atoms. The van der Waals surface area contributed by atoms with Gasteiger partial charge < -0.3 is 32.9 Å². The summed E-state index contributed by atoms with van der Waals surface area (Å²) >= 11 is 0. The van der Waals surface area contributed by atoms with Gasteiger partial charge in [0.05, 0.1) is 0 Å². The molecule has 0 amide bonds. The summed E-state index contributed by atoms with van der Waals surface area (Å²) in [5, 5.41) is 0. The molecular formula is H13AlClO6+3. The number of hydrogen-bond donors (Lipinski definition) is 0. The van der Waals surface area contributed by atoms with Crippen molar-refractivity contribution in [2.75, 3.05) is 0 Å². The molecule has 6 nitrogen and oxygen atoms in total. The topological polar surface area (TPSA) is 189 Å². The molecule has 0 aliphatic carbocycles. The van der Waals surface area contributed by atoms with Crippen molar-refractivity contribution in [3.63, 3.8) is 0 Å². The fourth-order valence-electron chi connectivity index (χ4n) is 0. The Balaban J connectivity index is 0. The van der Waals surface area contributed by atoms with Gasteiger partial charge in [-0.25, -0.2) is 0 Å². The fourth-order valence-corrected chi connectivity index (χ4v) is 0. The van der Waals surface area contributed by atoms with Crippen LogP contribution in [0.1, 0.15) is 0 Å². The molecule has 0 aromatic heterocycles. The Kier molecular flexibility index (Phi) is 176000. The first kappa shape index (κ1) is 1450. The number of halogens is 1. The van der Waals surface area contributed by atoms with Gasteiger partial charge in [-0.2, -0.15) is 0 Å². The molecule has 0 saturated heterocycles. The Labute approximate surface area is 63.3 Å². The second-order valence-electron chi connectivity index (χ2n) is 0. The van der Waals surface area contributed by atoms with Crippen LogP contribution in [-0.4, -0.2) is 50.2 Å².